The van der Waals surface area contributed by atoms with Gasteiger partial charge in [-0.05, 0) is 43.9 Å². The lowest BCUT2D eigenvalue weighted by molar-refractivity contribution is -0.385. The third-order valence-corrected chi connectivity index (χ3v) is 7.98. The highest BCUT2D eigenvalue weighted by Gasteiger charge is 2.38. The molecule has 0 aromatic heterocycles. The zero-order chi connectivity index (χ0) is 21.3. The molecule has 0 aliphatic carbocycles. The van der Waals surface area contributed by atoms with Crippen molar-refractivity contribution in [1.82, 2.24) is 0 Å². The lowest BCUT2D eigenvalue weighted by Crippen LogP contribution is -2.47. The number of hydrogen-bond donors (Lipinski definition) is 0. The van der Waals surface area contributed by atoms with E-state index in [4.69, 9.17) is 4.74 Å². The van der Waals surface area contributed by atoms with E-state index in [-0.39, 0.29) is 11.4 Å². The highest BCUT2D eigenvalue weighted by atomic mass is 32.2. The lowest BCUT2D eigenvalue weighted by atomic mass is 10.1. The summed E-state index contributed by atoms with van der Waals surface area (Å²) >= 11 is 0. The van der Waals surface area contributed by atoms with Crippen molar-refractivity contribution in [1.29, 1.82) is 0 Å². The van der Waals surface area contributed by atoms with Gasteiger partial charge in [0, 0.05) is 37.5 Å². The van der Waals surface area contributed by atoms with Crippen LogP contribution in [0.4, 0.5) is 17.1 Å². The Hall–Kier alpha value is -2.81. The number of sulfonamides is 1. The van der Waals surface area contributed by atoms with Crippen LogP contribution in [0.3, 0.4) is 0 Å². The van der Waals surface area contributed by atoms with Gasteiger partial charge < -0.3 is 9.64 Å². The number of ether oxygens (including phenoxy) is 1. The molecule has 30 heavy (non-hydrogen) atoms. The molecule has 0 radical (unpaired) electrons. The summed E-state index contributed by atoms with van der Waals surface area (Å²) in [5.74, 6) is 0.207. The van der Waals surface area contributed by atoms with Gasteiger partial charge in [-0.2, -0.15) is 0 Å². The molecule has 0 amide bonds. The number of nitrogens with zero attached hydrogens (tertiary/aromatic N) is 3. The van der Waals surface area contributed by atoms with Crippen LogP contribution in [0.1, 0.15) is 25.3 Å². The number of anilines is 2. The van der Waals surface area contributed by atoms with Crippen LogP contribution in [0.15, 0.2) is 42.5 Å². The van der Waals surface area contributed by atoms with Crippen molar-refractivity contribution in [2.45, 2.75) is 31.4 Å². The van der Waals surface area contributed by atoms with Crippen LogP contribution in [0.25, 0.3) is 0 Å². The van der Waals surface area contributed by atoms with Crippen molar-refractivity contribution in [2.75, 3.05) is 35.4 Å². The summed E-state index contributed by atoms with van der Waals surface area (Å²) in [7, 11) is -3.51. The topological polar surface area (TPSA) is 93.0 Å². The first kappa shape index (κ1) is 20.5. The van der Waals surface area contributed by atoms with Gasteiger partial charge in [0.15, 0.2) is 5.75 Å². The molecule has 2 heterocycles. The molecule has 9 heteroatoms. The van der Waals surface area contributed by atoms with Gasteiger partial charge in [-0.1, -0.05) is 18.2 Å². The number of fused-ring (bicyclic) bond motifs is 1. The Morgan fingerprint density at radius 2 is 2.00 bits per heavy atom. The highest BCUT2D eigenvalue weighted by molar-refractivity contribution is 7.93. The summed E-state index contributed by atoms with van der Waals surface area (Å²) in [6, 6.07) is 12.4. The molecular formula is C21H25N3O5S. The van der Waals surface area contributed by atoms with Gasteiger partial charge in [0.2, 0.25) is 10.0 Å². The van der Waals surface area contributed by atoms with Gasteiger partial charge in [0.1, 0.15) is 0 Å². The highest BCUT2D eigenvalue weighted by Crippen LogP contribution is 2.36. The summed E-state index contributed by atoms with van der Waals surface area (Å²) in [6.45, 7) is 3.62. The minimum Gasteiger partial charge on any atom is -0.487 e. The molecule has 1 fully saturated rings. The number of para-hydroxylation sites is 1. The van der Waals surface area contributed by atoms with Crippen molar-refractivity contribution in [3.05, 3.63) is 58.1 Å². The van der Waals surface area contributed by atoms with Crippen LogP contribution in [-0.4, -0.2) is 44.8 Å². The molecule has 4 rings (SSSR count). The number of hydrogen-bond acceptors (Lipinski definition) is 6. The minimum atomic E-state index is -3.51. The Kier molecular flexibility index (Phi) is 5.55. The number of nitro groups is 1. The molecule has 0 spiro atoms. The molecule has 0 N–H and O–H groups in total. The molecular weight excluding hydrogens is 406 g/mol. The second-order valence-corrected chi connectivity index (χ2v) is 9.69. The SMILES string of the molecule is CCOc1cc(N2CCCC(S(=O)(=O)N3CCc4ccccc43)C2)ccc1[N+](=O)[O-]. The molecule has 1 saturated heterocycles. The Morgan fingerprint density at radius 1 is 1.20 bits per heavy atom. The normalized spacial score (nSPS) is 18.9. The van der Waals surface area contributed by atoms with Crippen LogP contribution in [0.5, 0.6) is 5.75 Å². The summed E-state index contributed by atoms with van der Waals surface area (Å²) in [5.41, 5.74) is 2.50. The number of nitro benzene ring substituents is 1. The van der Waals surface area contributed by atoms with Gasteiger partial charge in [-0.25, -0.2) is 8.42 Å². The second-order valence-electron chi connectivity index (χ2n) is 7.55. The first-order valence-corrected chi connectivity index (χ1v) is 11.7. The molecule has 0 bridgehead atoms. The first-order valence-electron chi connectivity index (χ1n) is 10.2. The van der Waals surface area contributed by atoms with Crippen LogP contribution < -0.4 is 13.9 Å². The molecule has 2 aliphatic rings. The lowest BCUT2D eigenvalue weighted by Gasteiger charge is -2.36. The average molecular weight is 432 g/mol. The van der Waals surface area contributed by atoms with Crippen molar-refractivity contribution in [2.24, 2.45) is 0 Å². The predicted molar refractivity (Wildman–Crippen MR) is 116 cm³/mol. The Balaban J connectivity index is 1.58. The third kappa shape index (κ3) is 3.69. The monoisotopic (exact) mass is 431 g/mol. The summed E-state index contributed by atoms with van der Waals surface area (Å²) in [5, 5.41) is 10.7. The fourth-order valence-corrected chi connectivity index (χ4v) is 6.28. The van der Waals surface area contributed by atoms with Gasteiger partial charge in [-0.15, -0.1) is 0 Å². The predicted octanol–water partition coefficient (Wildman–Crippen LogP) is 3.35. The van der Waals surface area contributed by atoms with Gasteiger partial charge >= 0.3 is 5.69 Å². The van der Waals surface area contributed by atoms with Crippen molar-refractivity contribution < 1.29 is 18.1 Å². The molecule has 1 unspecified atom stereocenters. The third-order valence-electron chi connectivity index (χ3n) is 5.76. The molecule has 0 saturated carbocycles. The molecule has 2 aromatic carbocycles. The molecule has 8 nitrogen and oxygen atoms in total. The summed E-state index contributed by atoms with van der Waals surface area (Å²) in [6.07, 6.45) is 2.06. The van der Waals surface area contributed by atoms with Crippen LogP contribution in [0, 0.1) is 10.1 Å². The van der Waals surface area contributed by atoms with E-state index in [2.05, 4.69) is 0 Å². The van der Waals surface area contributed by atoms with E-state index >= 15 is 0 Å². The maximum absolute atomic E-state index is 13.4. The van der Waals surface area contributed by atoms with Crippen molar-refractivity contribution in [3.8, 4) is 5.75 Å². The largest absolute Gasteiger partial charge is 0.487 e. The van der Waals surface area contributed by atoms with Crippen LogP contribution in [-0.2, 0) is 16.4 Å². The van der Waals surface area contributed by atoms with E-state index in [1.54, 1.807) is 23.4 Å². The van der Waals surface area contributed by atoms with Crippen LogP contribution in [0.2, 0.25) is 0 Å². The van der Waals surface area contributed by atoms with Crippen molar-refractivity contribution in [3.63, 3.8) is 0 Å². The zero-order valence-electron chi connectivity index (χ0n) is 16.9. The van der Waals surface area contributed by atoms with E-state index < -0.39 is 20.2 Å². The van der Waals surface area contributed by atoms with E-state index in [9.17, 15) is 18.5 Å². The number of piperidine rings is 1. The molecule has 1 atom stereocenters. The Bertz CT molecular complexity index is 1060. The van der Waals surface area contributed by atoms with E-state index in [1.165, 1.54) is 6.07 Å². The fourth-order valence-electron chi connectivity index (χ4n) is 4.29. The average Bonchev–Trinajstić information content (AvgIpc) is 3.19. The van der Waals surface area contributed by atoms with Crippen LogP contribution >= 0.6 is 0 Å². The maximum atomic E-state index is 13.4. The van der Waals surface area contributed by atoms with E-state index in [0.717, 1.165) is 29.8 Å². The van der Waals surface area contributed by atoms with Gasteiger partial charge in [-0.3, -0.25) is 14.4 Å². The van der Waals surface area contributed by atoms with Crippen molar-refractivity contribution >= 4 is 27.1 Å². The molecule has 2 aromatic rings. The summed E-state index contributed by atoms with van der Waals surface area (Å²) < 4.78 is 33.9. The Morgan fingerprint density at radius 3 is 2.77 bits per heavy atom. The summed E-state index contributed by atoms with van der Waals surface area (Å²) in [4.78, 5) is 12.8. The molecule has 160 valence electrons. The van der Waals surface area contributed by atoms with E-state index in [1.807, 2.05) is 29.2 Å². The first-order chi connectivity index (χ1) is 14.4. The van der Waals surface area contributed by atoms with Gasteiger partial charge in [0.25, 0.3) is 0 Å². The standard InChI is InChI=1S/C21H25N3O5S/c1-2-29-21-14-17(9-10-20(21)24(25)26)22-12-5-7-18(15-22)30(27,28)23-13-11-16-6-3-4-8-19(16)23/h3-4,6,8-10,14,18H,2,5,7,11-13,15H2,1H3. The zero-order valence-corrected chi connectivity index (χ0v) is 17.7. The van der Waals surface area contributed by atoms with E-state index in [0.29, 0.717) is 32.7 Å². The number of rotatable bonds is 6. The maximum Gasteiger partial charge on any atom is 0.311 e. The Labute approximate surface area is 176 Å². The smallest absolute Gasteiger partial charge is 0.311 e. The number of benzene rings is 2. The molecule has 2 aliphatic heterocycles. The minimum absolute atomic E-state index is 0.0875. The second kappa shape index (κ2) is 8.14. The quantitative estimate of drug-likeness (QED) is 0.514. The fraction of sp³-hybridized carbons (Fsp3) is 0.429. The van der Waals surface area contributed by atoms with Gasteiger partial charge in [0.05, 0.1) is 22.5 Å².